The number of halogens is 4. The molecule has 2 rings (SSSR count). The number of alkyl halides is 3. The molecule has 1 N–H and O–H groups in total. The number of hydrogen-bond donors (Lipinski definition) is 1. The van der Waals surface area contributed by atoms with Crippen molar-refractivity contribution in [3.63, 3.8) is 0 Å². The van der Waals surface area contributed by atoms with Crippen molar-refractivity contribution in [1.29, 1.82) is 0 Å². The second kappa shape index (κ2) is 6.30. The molecule has 6 heteroatoms. The first-order valence-corrected chi connectivity index (χ1v) is 6.85. The average molecular weight is 358 g/mol. The first kappa shape index (κ1) is 15.6. The van der Waals surface area contributed by atoms with E-state index in [0.29, 0.717) is 0 Å². The van der Waals surface area contributed by atoms with E-state index in [1.54, 1.807) is 18.2 Å². The molecule has 110 valence electrons. The Morgan fingerprint density at radius 2 is 1.57 bits per heavy atom. The molecule has 2 aromatic carbocycles. The Morgan fingerprint density at radius 3 is 2.10 bits per heavy atom. The topological polar surface area (TPSA) is 29.1 Å². The molecule has 0 aliphatic rings. The fourth-order valence-electron chi connectivity index (χ4n) is 1.82. The van der Waals surface area contributed by atoms with Crippen LogP contribution in [-0.2, 0) is 0 Å². The summed E-state index contributed by atoms with van der Waals surface area (Å²) in [6.45, 7) is 0. The van der Waals surface area contributed by atoms with Crippen molar-refractivity contribution in [3.05, 3.63) is 70.2 Å². The first-order chi connectivity index (χ1) is 9.88. The second-order valence-corrected chi connectivity index (χ2v) is 5.28. The SMILES string of the molecule is O=C(N[C@@H](c1ccccc1)C(F)(F)F)c1ccc(Br)cc1. The lowest BCUT2D eigenvalue weighted by molar-refractivity contribution is -0.155. The summed E-state index contributed by atoms with van der Waals surface area (Å²) >= 11 is 3.20. The molecule has 0 aliphatic carbocycles. The molecule has 0 aliphatic heterocycles. The molecule has 0 saturated carbocycles. The van der Waals surface area contributed by atoms with Gasteiger partial charge in [-0.05, 0) is 29.8 Å². The van der Waals surface area contributed by atoms with Gasteiger partial charge in [0.15, 0.2) is 6.04 Å². The normalized spacial score (nSPS) is 12.8. The van der Waals surface area contributed by atoms with E-state index in [1.165, 1.54) is 36.4 Å². The van der Waals surface area contributed by atoms with Gasteiger partial charge in [0.2, 0.25) is 0 Å². The third-order valence-corrected chi connectivity index (χ3v) is 3.37. The Labute approximate surface area is 128 Å². The smallest absolute Gasteiger partial charge is 0.337 e. The van der Waals surface area contributed by atoms with Gasteiger partial charge in [0.25, 0.3) is 5.91 Å². The van der Waals surface area contributed by atoms with Gasteiger partial charge in [-0.3, -0.25) is 4.79 Å². The molecule has 0 saturated heterocycles. The summed E-state index contributed by atoms with van der Waals surface area (Å²) in [5.41, 5.74) is 0.166. The summed E-state index contributed by atoms with van der Waals surface area (Å²) in [4.78, 5) is 12.0. The van der Waals surface area contributed by atoms with Crippen LogP contribution in [0.15, 0.2) is 59.1 Å². The van der Waals surface area contributed by atoms with E-state index >= 15 is 0 Å². The largest absolute Gasteiger partial charge is 0.412 e. The van der Waals surface area contributed by atoms with Crippen LogP contribution in [0.5, 0.6) is 0 Å². The van der Waals surface area contributed by atoms with E-state index in [2.05, 4.69) is 15.9 Å². The van der Waals surface area contributed by atoms with E-state index in [0.717, 1.165) is 4.47 Å². The molecule has 0 radical (unpaired) electrons. The fraction of sp³-hybridized carbons (Fsp3) is 0.133. The monoisotopic (exact) mass is 357 g/mol. The van der Waals surface area contributed by atoms with Crippen LogP contribution in [-0.4, -0.2) is 12.1 Å². The Kier molecular flexibility index (Phi) is 4.67. The van der Waals surface area contributed by atoms with E-state index < -0.39 is 18.1 Å². The highest BCUT2D eigenvalue weighted by Gasteiger charge is 2.41. The number of hydrogen-bond acceptors (Lipinski definition) is 1. The van der Waals surface area contributed by atoms with Crippen molar-refractivity contribution in [2.45, 2.75) is 12.2 Å². The summed E-state index contributed by atoms with van der Waals surface area (Å²) in [5.74, 6) is -0.770. The zero-order valence-corrected chi connectivity index (χ0v) is 12.3. The molecule has 21 heavy (non-hydrogen) atoms. The molecule has 2 aromatic rings. The van der Waals surface area contributed by atoms with Gasteiger partial charge < -0.3 is 5.32 Å². The molecule has 0 spiro atoms. The molecule has 0 fully saturated rings. The van der Waals surface area contributed by atoms with Gasteiger partial charge in [-0.15, -0.1) is 0 Å². The maximum atomic E-state index is 13.1. The Bertz CT molecular complexity index is 611. The highest BCUT2D eigenvalue weighted by Crippen LogP contribution is 2.32. The van der Waals surface area contributed by atoms with Crippen LogP contribution in [0.25, 0.3) is 0 Å². The molecule has 1 atom stereocenters. The maximum absolute atomic E-state index is 13.1. The third kappa shape index (κ3) is 4.07. The number of carbonyl (C=O) groups excluding carboxylic acids is 1. The van der Waals surface area contributed by atoms with Gasteiger partial charge in [0, 0.05) is 10.0 Å². The molecule has 2 nitrogen and oxygen atoms in total. The molecule has 0 bridgehead atoms. The van der Waals surface area contributed by atoms with Gasteiger partial charge in [0.1, 0.15) is 0 Å². The van der Waals surface area contributed by atoms with Crippen molar-refractivity contribution < 1.29 is 18.0 Å². The summed E-state index contributed by atoms with van der Waals surface area (Å²) in [6, 6.07) is 11.4. The van der Waals surface area contributed by atoms with Crippen LogP contribution in [0, 0.1) is 0 Å². The van der Waals surface area contributed by atoms with Crippen LogP contribution >= 0.6 is 15.9 Å². The van der Waals surface area contributed by atoms with E-state index in [9.17, 15) is 18.0 Å². The predicted octanol–water partition coefficient (Wildman–Crippen LogP) is 4.48. The van der Waals surface area contributed by atoms with Crippen LogP contribution in [0.4, 0.5) is 13.2 Å². The molecular formula is C15H11BrF3NO. The predicted molar refractivity (Wildman–Crippen MR) is 76.8 cm³/mol. The lowest BCUT2D eigenvalue weighted by Crippen LogP contribution is -2.38. The van der Waals surface area contributed by atoms with Crippen LogP contribution in [0.3, 0.4) is 0 Å². The average Bonchev–Trinajstić information content (AvgIpc) is 2.45. The number of amides is 1. The zero-order valence-electron chi connectivity index (χ0n) is 10.7. The molecule has 0 heterocycles. The molecular weight excluding hydrogens is 347 g/mol. The number of benzene rings is 2. The lowest BCUT2D eigenvalue weighted by atomic mass is 10.1. The Balaban J connectivity index is 2.24. The molecule has 0 unspecified atom stereocenters. The Morgan fingerprint density at radius 1 is 1.00 bits per heavy atom. The van der Waals surface area contributed by atoms with Crippen LogP contribution < -0.4 is 5.32 Å². The van der Waals surface area contributed by atoms with Crippen molar-refractivity contribution in [1.82, 2.24) is 5.32 Å². The minimum atomic E-state index is -4.56. The fourth-order valence-corrected chi connectivity index (χ4v) is 2.08. The van der Waals surface area contributed by atoms with E-state index in [4.69, 9.17) is 0 Å². The van der Waals surface area contributed by atoms with Crippen molar-refractivity contribution >= 4 is 21.8 Å². The maximum Gasteiger partial charge on any atom is 0.412 e. The van der Waals surface area contributed by atoms with Crippen molar-refractivity contribution in [3.8, 4) is 0 Å². The van der Waals surface area contributed by atoms with E-state index in [1.807, 2.05) is 5.32 Å². The molecule has 0 aromatic heterocycles. The zero-order chi connectivity index (χ0) is 15.5. The van der Waals surface area contributed by atoms with Gasteiger partial charge in [-0.2, -0.15) is 13.2 Å². The van der Waals surface area contributed by atoms with Gasteiger partial charge in [-0.1, -0.05) is 46.3 Å². The lowest BCUT2D eigenvalue weighted by Gasteiger charge is -2.22. The van der Waals surface area contributed by atoms with Crippen LogP contribution in [0.2, 0.25) is 0 Å². The van der Waals surface area contributed by atoms with E-state index in [-0.39, 0.29) is 11.1 Å². The highest BCUT2D eigenvalue weighted by atomic mass is 79.9. The minimum absolute atomic E-state index is 0.00420. The summed E-state index contributed by atoms with van der Waals surface area (Å²) < 4.78 is 40.1. The summed E-state index contributed by atoms with van der Waals surface area (Å²) in [7, 11) is 0. The van der Waals surface area contributed by atoms with Gasteiger partial charge >= 0.3 is 6.18 Å². The Hall–Kier alpha value is -1.82. The summed E-state index contributed by atoms with van der Waals surface area (Å²) in [5, 5.41) is 2.03. The number of nitrogens with one attached hydrogen (secondary N) is 1. The van der Waals surface area contributed by atoms with Crippen molar-refractivity contribution in [2.24, 2.45) is 0 Å². The third-order valence-electron chi connectivity index (χ3n) is 2.84. The summed E-state index contributed by atoms with van der Waals surface area (Å²) in [6.07, 6.45) is -4.56. The first-order valence-electron chi connectivity index (χ1n) is 6.06. The van der Waals surface area contributed by atoms with Gasteiger partial charge in [-0.25, -0.2) is 0 Å². The van der Waals surface area contributed by atoms with Gasteiger partial charge in [0.05, 0.1) is 0 Å². The highest BCUT2D eigenvalue weighted by molar-refractivity contribution is 9.10. The quantitative estimate of drug-likeness (QED) is 0.861. The number of rotatable bonds is 3. The van der Waals surface area contributed by atoms with Crippen LogP contribution in [0.1, 0.15) is 22.0 Å². The minimum Gasteiger partial charge on any atom is -0.337 e. The standard InChI is InChI=1S/C15H11BrF3NO/c16-12-8-6-11(7-9-12)14(21)20-13(15(17,18)19)10-4-2-1-3-5-10/h1-9,13H,(H,20,21)/t13-/m0/s1. The van der Waals surface area contributed by atoms with Crippen molar-refractivity contribution in [2.75, 3.05) is 0 Å². The molecule has 1 amide bonds. The number of carbonyl (C=O) groups is 1. The second-order valence-electron chi connectivity index (χ2n) is 4.37.